The second-order valence-electron chi connectivity index (χ2n) is 5.82. The molecule has 0 aromatic carbocycles. The minimum Gasteiger partial charge on any atom is -0.460 e. The number of rotatable bonds is 7. The summed E-state index contributed by atoms with van der Waals surface area (Å²) >= 11 is 5.35. The van der Waals surface area contributed by atoms with Crippen LogP contribution in [0.2, 0.25) is 0 Å². The summed E-state index contributed by atoms with van der Waals surface area (Å²) in [4.78, 5) is 13.6. The molecule has 0 bridgehead atoms. The van der Waals surface area contributed by atoms with Crippen LogP contribution in [0.15, 0.2) is 21.6 Å². The van der Waals surface area contributed by atoms with Crippen LogP contribution in [0.3, 0.4) is 0 Å². The van der Waals surface area contributed by atoms with Gasteiger partial charge < -0.3 is 19.4 Å². The fraction of sp³-hybridized carbons (Fsp3) is 0.625. The van der Waals surface area contributed by atoms with Crippen LogP contribution in [0.1, 0.15) is 37.2 Å². The number of piperazine rings is 1. The predicted octanol–water partition coefficient (Wildman–Crippen LogP) is 1.44. The van der Waals surface area contributed by atoms with Gasteiger partial charge in [0.15, 0.2) is 5.11 Å². The number of nitrogens with zero attached hydrogens (tertiary/aromatic N) is 2. The predicted molar refractivity (Wildman–Crippen MR) is 101 cm³/mol. The molecule has 10 heteroatoms. The first-order valence-corrected chi connectivity index (χ1v) is 10.5. The molecule has 26 heavy (non-hydrogen) atoms. The monoisotopic (exact) mass is 403 g/mol. The maximum Gasteiger partial charge on any atom is 0.374 e. The van der Waals surface area contributed by atoms with Crippen LogP contribution < -0.4 is 5.32 Å². The number of thiocarbonyl (C=S) groups is 1. The van der Waals surface area contributed by atoms with Crippen LogP contribution in [0.25, 0.3) is 0 Å². The van der Waals surface area contributed by atoms with Gasteiger partial charge in [0.25, 0.3) is 10.0 Å². The van der Waals surface area contributed by atoms with E-state index >= 15 is 0 Å². The molecule has 0 aliphatic carbocycles. The number of ether oxygens (including phenoxy) is 1. The van der Waals surface area contributed by atoms with Crippen molar-refractivity contribution in [3.63, 3.8) is 0 Å². The van der Waals surface area contributed by atoms with E-state index in [4.69, 9.17) is 21.4 Å². The van der Waals surface area contributed by atoms with Crippen molar-refractivity contribution in [1.29, 1.82) is 0 Å². The molecule has 0 saturated carbocycles. The minimum absolute atomic E-state index is 0.120. The van der Waals surface area contributed by atoms with E-state index in [9.17, 15) is 13.2 Å². The highest BCUT2D eigenvalue weighted by molar-refractivity contribution is 7.89. The van der Waals surface area contributed by atoms with Crippen molar-refractivity contribution in [2.45, 2.75) is 31.8 Å². The summed E-state index contributed by atoms with van der Waals surface area (Å²) < 4.78 is 36.7. The zero-order valence-corrected chi connectivity index (χ0v) is 16.7. The Hall–Kier alpha value is -1.65. The molecule has 2 heterocycles. The average Bonchev–Trinajstić information content (AvgIpc) is 3.13. The van der Waals surface area contributed by atoms with Crippen molar-refractivity contribution in [1.82, 2.24) is 14.5 Å². The molecule has 0 radical (unpaired) electrons. The van der Waals surface area contributed by atoms with Crippen molar-refractivity contribution in [3.8, 4) is 0 Å². The second-order valence-corrected chi connectivity index (χ2v) is 8.07. The van der Waals surface area contributed by atoms with Crippen LogP contribution in [0, 0.1) is 0 Å². The Balaban J connectivity index is 1.95. The van der Waals surface area contributed by atoms with Gasteiger partial charge in [-0.05, 0) is 37.7 Å². The number of carbonyl (C=O) groups is 1. The molecule has 1 aliphatic rings. The first kappa shape index (κ1) is 20.7. The Morgan fingerprint density at radius 1 is 1.27 bits per heavy atom. The summed E-state index contributed by atoms with van der Waals surface area (Å²) in [7, 11) is -3.79. The normalized spacial score (nSPS) is 15.7. The van der Waals surface area contributed by atoms with E-state index in [1.54, 1.807) is 6.92 Å². The molecule has 1 N–H and O–H groups in total. The number of carbonyl (C=O) groups excluding carboxylic acids is 1. The Labute approximate surface area is 159 Å². The van der Waals surface area contributed by atoms with Gasteiger partial charge in [-0.3, -0.25) is 0 Å². The maximum atomic E-state index is 12.7. The van der Waals surface area contributed by atoms with Gasteiger partial charge in [0.2, 0.25) is 10.9 Å². The van der Waals surface area contributed by atoms with Gasteiger partial charge in [0.1, 0.15) is 0 Å². The van der Waals surface area contributed by atoms with Gasteiger partial charge in [0.05, 0.1) is 6.61 Å². The van der Waals surface area contributed by atoms with Crippen LogP contribution >= 0.6 is 12.2 Å². The molecule has 1 aliphatic heterocycles. The summed E-state index contributed by atoms with van der Waals surface area (Å²) in [5, 5.41) is 3.58. The van der Waals surface area contributed by atoms with Crippen LogP contribution in [-0.4, -0.2) is 68.0 Å². The lowest BCUT2D eigenvalue weighted by Crippen LogP contribution is -2.53. The van der Waals surface area contributed by atoms with E-state index < -0.39 is 16.0 Å². The van der Waals surface area contributed by atoms with Gasteiger partial charge in [-0.1, -0.05) is 13.3 Å². The zero-order chi connectivity index (χ0) is 19.2. The Morgan fingerprint density at radius 3 is 2.58 bits per heavy atom. The number of sulfonamides is 1. The van der Waals surface area contributed by atoms with Crippen LogP contribution in [0.4, 0.5) is 0 Å². The number of furan rings is 1. The lowest BCUT2D eigenvalue weighted by atomic mass is 10.3. The summed E-state index contributed by atoms with van der Waals surface area (Å²) in [6.45, 7) is 6.38. The summed E-state index contributed by atoms with van der Waals surface area (Å²) in [6.07, 6.45) is 2.12. The Bertz CT molecular complexity index is 724. The molecule has 0 amide bonds. The molecule has 0 atom stereocenters. The molecule has 1 aromatic rings. The third-order valence-corrected chi connectivity index (χ3v) is 6.16. The summed E-state index contributed by atoms with van der Waals surface area (Å²) in [6, 6.07) is 2.60. The third kappa shape index (κ3) is 4.95. The molecule has 1 fully saturated rings. The molecular formula is C16H25N3O5S2. The SMILES string of the molecule is CCCCNC(=S)N1CCN(S(=O)(=O)c2ccc(C(=O)OCC)o2)CC1. The maximum absolute atomic E-state index is 12.7. The van der Waals surface area contributed by atoms with Crippen molar-refractivity contribution >= 4 is 33.3 Å². The average molecular weight is 404 g/mol. The molecular weight excluding hydrogens is 378 g/mol. The Morgan fingerprint density at radius 2 is 1.96 bits per heavy atom. The molecule has 2 rings (SSSR count). The number of hydrogen-bond donors (Lipinski definition) is 1. The number of unbranched alkanes of at least 4 members (excludes halogenated alkanes) is 1. The topological polar surface area (TPSA) is 92.1 Å². The van der Waals surface area contributed by atoms with Gasteiger partial charge in [-0.15, -0.1) is 0 Å². The zero-order valence-electron chi connectivity index (χ0n) is 15.1. The highest BCUT2D eigenvalue weighted by atomic mass is 32.2. The van der Waals surface area contributed by atoms with E-state index in [-0.39, 0.29) is 17.5 Å². The van der Waals surface area contributed by atoms with E-state index in [1.165, 1.54) is 16.4 Å². The van der Waals surface area contributed by atoms with Crippen molar-refractivity contribution in [3.05, 3.63) is 17.9 Å². The van der Waals surface area contributed by atoms with E-state index in [2.05, 4.69) is 12.2 Å². The minimum atomic E-state index is -3.79. The molecule has 0 unspecified atom stereocenters. The second kappa shape index (κ2) is 9.33. The third-order valence-electron chi connectivity index (χ3n) is 3.98. The van der Waals surface area contributed by atoms with Gasteiger partial charge in [-0.2, -0.15) is 4.31 Å². The fourth-order valence-electron chi connectivity index (χ4n) is 2.51. The van der Waals surface area contributed by atoms with Gasteiger partial charge >= 0.3 is 5.97 Å². The van der Waals surface area contributed by atoms with Crippen molar-refractivity contribution < 1.29 is 22.4 Å². The summed E-state index contributed by atoms with van der Waals surface area (Å²) in [5.41, 5.74) is 0. The van der Waals surface area contributed by atoms with Gasteiger partial charge in [0, 0.05) is 32.7 Å². The largest absolute Gasteiger partial charge is 0.460 e. The number of esters is 1. The molecule has 1 aromatic heterocycles. The van der Waals surface area contributed by atoms with Crippen molar-refractivity contribution in [2.75, 3.05) is 39.3 Å². The first-order chi connectivity index (χ1) is 12.4. The van der Waals surface area contributed by atoms with E-state index in [0.29, 0.717) is 31.3 Å². The highest BCUT2D eigenvalue weighted by Crippen LogP contribution is 2.21. The molecule has 146 valence electrons. The van der Waals surface area contributed by atoms with Crippen molar-refractivity contribution in [2.24, 2.45) is 0 Å². The number of hydrogen-bond acceptors (Lipinski definition) is 6. The molecule has 0 spiro atoms. The summed E-state index contributed by atoms with van der Waals surface area (Å²) in [5.74, 6) is -0.798. The lowest BCUT2D eigenvalue weighted by molar-refractivity contribution is 0.0483. The Kier molecular flexibility index (Phi) is 7.42. The number of nitrogens with one attached hydrogen (secondary N) is 1. The smallest absolute Gasteiger partial charge is 0.374 e. The van der Waals surface area contributed by atoms with E-state index in [1.807, 2.05) is 4.90 Å². The quantitative estimate of drug-likeness (QED) is 0.415. The standard InChI is InChI=1S/C16H25N3O5S2/c1-3-5-8-17-16(25)18-9-11-19(12-10-18)26(21,22)14-7-6-13(24-14)15(20)23-4-2/h6-7H,3-5,8-12H2,1-2H3,(H,17,25). The van der Waals surface area contributed by atoms with Gasteiger partial charge in [-0.25, -0.2) is 13.2 Å². The highest BCUT2D eigenvalue weighted by Gasteiger charge is 2.32. The molecule has 8 nitrogen and oxygen atoms in total. The van der Waals surface area contributed by atoms with Crippen LogP contribution in [0.5, 0.6) is 0 Å². The lowest BCUT2D eigenvalue weighted by Gasteiger charge is -2.35. The van der Waals surface area contributed by atoms with E-state index in [0.717, 1.165) is 19.4 Å². The molecule has 1 saturated heterocycles. The fourth-order valence-corrected chi connectivity index (χ4v) is 4.13. The first-order valence-electron chi connectivity index (χ1n) is 8.70. The van der Waals surface area contributed by atoms with Crippen LogP contribution in [-0.2, 0) is 14.8 Å².